The summed E-state index contributed by atoms with van der Waals surface area (Å²) >= 11 is 6.00. The number of carboxylic acid groups (broad SMARTS) is 1. The van der Waals surface area contributed by atoms with E-state index >= 15 is 0 Å². The number of hydrogen-bond acceptors (Lipinski definition) is 5. The molecular formula is C18H22ClN3O3. The van der Waals surface area contributed by atoms with E-state index < -0.39 is 12.0 Å². The van der Waals surface area contributed by atoms with Crippen molar-refractivity contribution in [3.05, 3.63) is 46.9 Å². The lowest BCUT2D eigenvalue weighted by molar-refractivity contribution is -0.138. The smallest absolute Gasteiger partial charge is 0.326 e. The van der Waals surface area contributed by atoms with E-state index in [1.165, 1.54) is 0 Å². The van der Waals surface area contributed by atoms with Crippen molar-refractivity contribution in [2.24, 2.45) is 5.92 Å². The number of rotatable bonds is 8. The minimum Gasteiger partial charge on any atom is -0.497 e. The van der Waals surface area contributed by atoms with Crippen molar-refractivity contribution in [3.63, 3.8) is 0 Å². The van der Waals surface area contributed by atoms with E-state index in [2.05, 4.69) is 15.3 Å². The van der Waals surface area contributed by atoms with Crippen LogP contribution in [0, 0.1) is 5.92 Å². The van der Waals surface area contributed by atoms with Crippen LogP contribution >= 0.6 is 11.6 Å². The zero-order valence-corrected chi connectivity index (χ0v) is 15.2. The highest BCUT2D eigenvalue weighted by Gasteiger charge is 2.19. The highest BCUT2D eigenvalue weighted by Crippen LogP contribution is 2.18. The number of anilines is 1. The molecule has 2 rings (SSSR count). The first-order chi connectivity index (χ1) is 11.9. The van der Waals surface area contributed by atoms with Gasteiger partial charge in [0.25, 0.3) is 0 Å². The number of hydrogen-bond donors (Lipinski definition) is 2. The fraction of sp³-hybridized carbons (Fsp3) is 0.389. The Bertz CT molecular complexity index is 720. The molecule has 0 saturated heterocycles. The van der Waals surface area contributed by atoms with Gasteiger partial charge < -0.3 is 15.2 Å². The van der Waals surface area contributed by atoms with E-state index in [0.717, 1.165) is 11.3 Å². The molecule has 7 heteroatoms. The van der Waals surface area contributed by atoms with Gasteiger partial charge in [-0.15, -0.1) is 0 Å². The van der Waals surface area contributed by atoms with Crippen LogP contribution in [0.5, 0.6) is 5.75 Å². The molecule has 0 fully saturated rings. The molecule has 0 aliphatic heterocycles. The quantitative estimate of drug-likeness (QED) is 0.696. The van der Waals surface area contributed by atoms with Crippen molar-refractivity contribution in [1.82, 2.24) is 9.97 Å². The van der Waals surface area contributed by atoms with Gasteiger partial charge in [0.2, 0.25) is 5.28 Å². The van der Waals surface area contributed by atoms with E-state index in [-0.39, 0.29) is 11.2 Å². The molecular weight excluding hydrogens is 342 g/mol. The molecule has 6 nitrogen and oxygen atoms in total. The van der Waals surface area contributed by atoms with Crippen LogP contribution in [-0.4, -0.2) is 34.2 Å². The number of aromatic nitrogens is 2. The summed E-state index contributed by atoms with van der Waals surface area (Å²) in [5.41, 5.74) is 1.75. The van der Waals surface area contributed by atoms with Crippen molar-refractivity contribution in [2.75, 3.05) is 12.4 Å². The second-order valence-corrected chi connectivity index (χ2v) is 6.54. The lowest BCUT2D eigenvalue weighted by Crippen LogP contribution is -2.31. The second kappa shape index (κ2) is 8.67. The third-order valence-electron chi connectivity index (χ3n) is 3.62. The molecule has 0 saturated carbocycles. The molecule has 25 heavy (non-hydrogen) atoms. The van der Waals surface area contributed by atoms with Gasteiger partial charge in [-0.2, -0.15) is 0 Å². The highest BCUT2D eigenvalue weighted by atomic mass is 35.5. The first kappa shape index (κ1) is 19.0. The average Bonchev–Trinajstić information content (AvgIpc) is 2.54. The SMILES string of the molecule is COc1ccc(Cc2cc(N[C@@H](CC(C)C)C(=O)O)nc(Cl)n2)cc1. The number of nitrogens with zero attached hydrogens (tertiary/aromatic N) is 2. The summed E-state index contributed by atoms with van der Waals surface area (Å²) in [4.78, 5) is 19.7. The lowest BCUT2D eigenvalue weighted by Gasteiger charge is -2.17. The number of nitrogens with one attached hydrogen (secondary N) is 1. The molecule has 134 valence electrons. The highest BCUT2D eigenvalue weighted by molar-refractivity contribution is 6.28. The number of halogens is 1. The summed E-state index contributed by atoms with van der Waals surface area (Å²) in [5.74, 6) is 0.520. The van der Waals surface area contributed by atoms with Crippen LogP contribution in [0.15, 0.2) is 30.3 Å². The molecule has 0 amide bonds. The molecule has 0 spiro atoms. The van der Waals surface area contributed by atoms with Crippen LogP contribution in [0.1, 0.15) is 31.5 Å². The van der Waals surface area contributed by atoms with Crippen LogP contribution in [-0.2, 0) is 11.2 Å². The molecule has 0 bridgehead atoms. The Kier molecular flexibility index (Phi) is 6.58. The first-order valence-corrected chi connectivity index (χ1v) is 8.41. The van der Waals surface area contributed by atoms with Gasteiger partial charge >= 0.3 is 5.97 Å². The van der Waals surface area contributed by atoms with Crippen molar-refractivity contribution in [1.29, 1.82) is 0 Å². The van der Waals surface area contributed by atoms with Gasteiger partial charge in [-0.3, -0.25) is 0 Å². The van der Waals surface area contributed by atoms with E-state index in [9.17, 15) is 9.90 Å². The van der Waals surface area contributed by atoms with Gasteiger partial charge in [-0.1, -0.05) is 26.0 Å². The predicted molar refractivity (Wildman–Crippen MR) is 97.3 cm³/mol. The van der Waals surface area contributed by atoms with E-state index in [1.54, 1.807) is 13.2 Å². The maximum Gasteiger partial charge on any atom is 0.326 e. The Morgan fingerprint density at radius 2 is 1.96 bits per heavy atom. The van der Waals surface area contributed by atoms with Gasteiger partial charge in [0.1, 0.15) is 17.6 Å². The van der Waals surface area contributed by atoms with Gasteiger partial charge in [-0.05, 0) is 41.6 Å². The molecule has 0 unspecified atom stereocenters. The van der Waals surface area contributed by atoms with Gasteiger partial charge in [0.05, 0.1) is 12.8 Å². The van der Waals surface area contributed by atoms with Gasteiger partial charge in [0.15, 0.2) is 0 Å². The summed E-state index contributed by atoms with van der Waals surface area (Å²) < 4.78 is 5.14. The van der Waals surface area contributed by atoms with Crippen LogP contribution in [0.4, 0.5) is 5.82 Å². The molecule has 0 aliphatic rings. The normalized spacial score (nSPS) is 12.0. The lowest BCUT2D eigenvalue weighted by atomic mass is 10.0. The average molecular weight is 364 g/mol. The van der Waals surface area contributed by atoms with Gasteiger partial charge in [-0.25, -0.2) is 14.8 Å². The monoisotopic (exact) mass is 363 g/mol. The predicted octanol–water partition coefficient (Wildman–Crippen LogP) is 3.64. The third-order valence-corrected chi connectivity index (χ3v) is 3.79. The number of benzene rings is 1. The van der Waals surface area contributed by atoms with Crippen LogP contribution in [0.2, 0.25) is 5.28 Å². The minimum atomic E-state index is -0.917. The largest absolute Gasteiger partial charge is 0.497 e. The number of carboxylic acids is 1. The molecule has 2 aromatic rings. The number of aliphatic carboxylic acids is 1. The van der Waals surface area contributed by atoms with Crippen molar-refractivity contribution in [2.45, 2.75) is 32.7 Å². The zero-order chi connectivity index (χ0) is 18.4. The summed E-state index contributed by atoms with van der Waals surface area (Å²) in [6, 6.07) is 8.65. The van der Waals surface area contributed by atoms with Crippen LogP contribution in [0.25, 0.3) is 0 Å². The molecule has 0 radical (unpaired) electrons. The molecule has 2 N–H and O–H groups in total. The Labute approximate surface area is 152 Å². The van der Waals surface area contributed by atoms with E-state index in [0.29, 0.717) is 24.4 Å². The standard InChI is InChI=1S/C18H22ClN3O3/c1-11(2)8-15(17(23)24)21-16-10-13(20-18(19)22-16)9-12-4-6-14(25-3)7-5-12/h4-7,10-11,15H,8-9H2,1-3H3,(H,23,24)(H,20,21,22)/t15-/m0/s1. The Balaban J connectivity index is 2.16. The number of carbonyl (C=O) groups is 1. The third kappa shape index (κ3) is 5.90. The fourth-order valence-corrected chi connectivity index (χ4v) is 2.65. The van der Waals surface area contributed by atoms with Crippen molar-refractivity contribution < 1.29 is 14.6 Å². The maximum atomic E-state index is 11.4. The summed E-state index contributed by atoms with van der Waals surface area (Å²) in [6.07, 6.45) is 1.05. The Morgan fingerprint density at radius 1 is 1.28 bits per heavy atom. The van der Waals surface area contributed by atoms with Crippen molar-refractivity contribution >= 4 is 23.4 Å². The summed E-state index contributed by atoms with van der Waals surface area (Å²) in [5, 5.41) is 12.4. The molecule has 1 atom stereocenters. The van der Waals surface area contributed by atoms with Gasteiger partial charge in [0, 0.05) is 12.5 Å². The Morgan fingerprint density at radius 3 is 2.52 bits per heavy atom. The number of ether oxygens (including phenoxy) is 1. The maximum absolute atomic E-state index is 11.4. The van der Waals surface area contributed by atoms with E-state index in [1.807, 2.05) is 38.1 Å². The number of methoxy groups -OCH3 is 1. The van der Waals surface area contributed by atoms with E-state index in [4.69, 9.17) is 16.3 Å². The first-order valence-electron chi connectivity index (χ1n) is 8.03. The fourth-order valence-electron chi connectivity index (χ4n) is 2.45. The molecule has 1 heterocycles. The molecule has 1 aromatic heterocycles. The molecule has 1 aromatic carbocycles. The summed E-state index contributed by atoms with van der Waals surface area (Å²) in [7, 11) is 1.62. The minimum absolute atomic E-state index is 0.0854. The topological polar surface area (TPSA) is 84.3 Å². The second-order valence-electron chi connectivity index (χ2n) is 6.20. The summed E-state index contributed by atoms with van der Waals surface area (Å²) in [6.45, 7) is 3.94. The van der Waals surface area contributed by atoms with Crippen LogP contribution < -0.4 is 10.1 Å². The zero-order valence-electron chi connectivity index (χ0n) is 14.5. The van der Waals surface area contributed by atoms with Crippen LogP contribution in [0.3, 0.4) is 0 Å². The van der Waals surface area contributed by atoms with Crippen molar-refractivity contribution in [3.8, 4) is 5.75 Å². The molecule has 0 aliphatic carbocycles. The Hall–Kier alpha value is -2.34.